The first kappa shape index (κ1) is 11.6. The van der Waals surface area contributed by atoms with Gasteiger partial charge < -0.3 is 10.3 Å². The van der Waals surface area contributed by atoms with Crippen molar-refractivity contribution in [2.45, 2.75) is 6.54 Å². The van der Waals surface area contributed by atoms with Gasteiger partial charge in [-0.2, -0.15) is 0 Å². The van der Waals surface area contributed by atoms with Gasteiger partial charge in [-0.15, -0.1) is 0 Å². The lowest BCUT2D eigenvalue weighted by Crippen LogP contribution is -2.30. The molecule has 17 heavy (non-hydrogen) atoms. The summed E-state index contributed by atoms with van der Waals surface area (Å²) in [5.41, 5.74) is 4.20. The Bertz CT molecular complexity index is 725. The molecule has 2 rings (SSSR count). The van der Waals surface area contributed by atoms with E-state index in [1.807, 2.05) is 0 Å². The van der Waals surface area contributed by atoms with Crippen molar-refractivity contribution in [3.8, 4) is 0 Å². The van der Waals surface area contributed by atoms with E-state index >= 15 is 0 Å². The van der Waals surface area contributed by atoms with Gasteiger partial charge in [0.15, 0.2) is 15.9 Å². The number of nitrogens with one attached hydrogen (secondary N) is 1. The number of halogens is 1. The van der Waals surface area contributed by atoms with Gasteiger partial charge in [-0.25, -0.2) is 9.78 Å². The number of imidazole rings is 1. The molecule has 2 heterocycles. The van der Waals surface area contributed by atoms with Gasteiger partial charge in [-0.3, -0.25) is 19.1 Å². The molecule has 0 saturated heterocycles. The van der Waals surface area contributed by atoms with Crippen LogP contribution in [0.4, 0.5) is 0 Å². The molecule has 3 N–H and O–H groups in total. The Morgan fingerprint density at radius 1 is 1.53 bits per heavy atom. The summed E-state index contributed by atoms with van der Waals surface area (Å²) >= 11 is 3.11. The van der Waals surface area contributed by atoms with E-state index < -0.39 is 17.2 Å². The van der Waals surface area contributed by atoms with Crippen molar-refractivity contribution < 1.29 is 4.79 Å². The molecule has 8 nitrogen and oxygen atoms in total. The number of aromatic nitrogens is 4. The molecule has 90 valence electrons. The fourth-order valence-electron chi connectivity index (χ4n) is 1.51. The predicted octanol–water partition coefficient (Wildman–Crippen LogP) is -1.33. The minimum Gasteiger partial charge on any atom is -0.368 e. The van der Waals surface area contributed by atoms with Crippen LogP contribution >= 0.6 is 15.9 Å². The quantitative estimate of drug-likeness (QED) is 0.669. The number of nitrogens with zero attached hydrogens (tertiary/aromatic N) is 3. The number of primary amides is 1. The lowest BCUT2D eigenvalue weighted by molar-refractivity contribution is -0.118. The number of aryl methyl sites for hydroxylation is 1. The molecule has 0 aromatic carbocycles. The Labute approximate surface area is 102 Å². The van der Waals surface area contributed by atoms with Gasteiger partial charge >= 0.3 is 5.69 Å². The molecular weight excluding hydrogens is 294 g/mol. The van der Waals surface area contributed by atoms with Crippen LogP contribution < -0.4 is 17.0 Å². The first-order valence-electron chi connectivity index (χ1n) is 4.55. The van der Waals surface area contributed by atoms with E-state index in [2.05, 4.69) is 25.9 Å². The third-order valence-electron chi connectivity index (χ3n) is 2.27. The highest BCUT2D eigenvalue weighted by molar-refractivity contribution is 9.10. The van der Waals surface area contributed by atoms with Crippen LogP contribution in [0.25, 0.3) is 11.2 Å². The Hall–Kier alpha value is -1.90. The average molecular weight is 302 g/mol. The smallest absolute Gasteiger partial charge is 0.329 e. The molecule has 2 aromatic heterocycles. The lowest BCUT2D eigenvalue weighted by Gasteiger charge is -2.01. The summed E-state index contributed by atoms with van der Waals surface area (Å²) in [7, 11) is 1.47. The topological polar surface area (TPSA) is 116 Å². The Balaban J connectivity index is 2.92. The largest absolute Gasteiger partial charge is 0.368 e. The standard InChI is InChI=1S/C8H8BrN5O3/c1-13-5-4(6(16)12-8(13)17)14(2-3(10)15)7(9)11-5/h2H2,1H3,(H2,10,15)(H,12,16,17). The number of nitrogens with two attached hydrogens (primary N) is 1. The molecule has 0 saturated carbocycles. The fourth-order valence-corrected chi connectivity index (χ4v) is 1.98. The van der Waals surface area contributed by atoms with Crippen LogP contribution in [-0.4, -0.2) is 25.0 Å². The Kier molecular flexibility index (Phi) is 2.62. The van der Waals surface area contributed by atoms with E-state index in [1.165, 1.54) is 16.2 Å². The summed E-state index contributed by atoms with van der Waals surface area (Å²) in [6.07, 6.45) is 0. The van der Waals surface area contributed by atoms with Gasteiger partial charge in [-0.05, 0) is 15.9 Å². The van der Waals surface area contributed by atoms with Gasteiger partial charge in [0.1, 0.15) is 6.54 Å². The van der Waals surface area contributed by atoms with Crippen molar-refractivity contribution >= 4 is 33.0 Å². The molecule has 0 aliphatic carbocycles. The molecule has 0 aliphatic rings. The molecule has 0 bridgehead atoms. The SMILES string of the molecule is Cn1c(=O)[nH]c(=O)c2c1nc(Br)n2CC(N)=O. The average Bonchev–Trinajstić information content (AvgIpc) is 2.53. The minimum absolute atomic E-state index is 0.123. The highest BCUT2D eigenvalue weighted by Gasteiger charge is 2.16. The highest BCUT2D eigenvalue weighted by Crippen LogP contribution is 2.15. The maximum Gasteiger partial charge on any atom is 0.329 e. The van der Waals surface area contributed by atoms with E-state index in [0.29, 0.717) is 0 Å². The van der Waals surface area contributed by atoms with E-state index in [4.69, 9.17) is 5.73 Å². The second kappa shape index (κ2) is 3.84. The van der Waals surface area contributed by atoms with E-state index in [9.17, 15) is 14.4 Å². The molecule has 1 amide bonds. The van der Waals surface area contributed by atoms with Crippen LogP contribution in [0.5, 0.6) is 0 Å². The van der Waals surface area contributed by atoms with Crippen molar-refractivity contribution in [3.05, 3.63) is 25.6 Å². The van der Waals surface area contributed by atoms with Crippen LogP contribution in [0, 0.1) is 0 Å². The van der Waals surface area contributed by atoms with Crippen LogP contribution in [-0.2, 0) is 18.4 Å². The zero-order valence-electron chi connectivity index (χ0n) is 8.73. The number of amides is 1. The summed E-state index contributed by atoms with van der Waals surface area (Å²) < 4.78 is 2.74. The second-order valence-electron chi connectivity index (χ2n) is 3.42. The molecule has 0 atom stereocenters. The number of carbonyl (C=O) groups excluding carboxylic acids is 1. The normalized spacial score (nSPS) is 10.9. The Morgan fingerprint density at radius 3 is 2.76 bits per heavy atom. The molecule has 0 unspecified atom stereocenters. The maximum atomic E-state index is 11.7. The molecule has 0 fully saturated rings. The first-order valence-corrected chi connectivity index (χ1v) is 5.34. The molecule has 9 heteroatoms. The summed E-state index contributed by atoms with van der Waals surface area (Å²) in [5.74, 6) is -0.613. The predicted molar refractivity (Wildman–Crippen MR) is 62.5 cm³/mol. The molecule has 0 radical (unpaired) electrons. The molecule has 0 spiro atoms. The molecule has 0 aliphatic heterocycles. The van der Waals surface area contributed by atoms with Crippen LogP contribution in [0.15, 0.2) is 14.3 Å². The number of aromatic amines is 1. The number of fused-ring (bicyclic) bond motifs is 1. The van der Waals surface area contributed by atoms with Gasteiger partial charge in [0, 0.05) is 7.05 Å². The van der Waals surface area contributed by atoms with Crippen molar-refractivity contribution in [2.75, 3.05) is 0 Å². The first-order chi connectivity index (χ1) is 7.91. The Morgan fingerprint density at radius 2 is 2.18 bits per heavy atom. The molecular formula is C8H8BrN5O3. The summed E-state index contributed by atoms with van der Waals surface area (Å²) in [6, 6.07) is 0. The van der Waals surface area contributed by atoms with Crippen LogP contribution in [0.2, 0.25) is 0 Å². The van der Waals surface area contributed by atoms with Crippen LogP contribution in [0.3, 0.4) is 0 Å². The number of H-pyrrole nitrogens is 1. The van der Waals surface area contributed by atoms with Crippen molar-refractivity contribution in [3.63, 3.8) is 0 Å². The van der Waals surface area contributed by atoms with Crippen molar-refractivity contribution in [2.24, 2.45) is 12.8 Å². The van der Waals surface area contributed by atoms with Gasteiger partial charge in [-0.1, -0.05) is 0 Å². The molecule has 2 aromatic rings. The van der Waals surface area contributed by atoms with Gasteiger partial charge in [0.2, 0.25) is 5.91 Å². The van der Waals surface area contributed by atoms with Crippen LogP contribution in [0.1, 0.15) is 0 Å². The third-order valence-corrected chi connectivity index (χ3v) is 2.88. The zero-order chi connectivity index (χ0) is 12.7. The zero-order valence-corrected chi connectivity index (χ0v) is 10.3. The number of hydrogen-bond donors (Lipinski definition) is 2. The van der Waals surface area contributed by atoms with E-state index in [0.717, 1.165) is 0 Å². The summed E-state index contributed by atoms with van der Waals surface area (Å²) in [6.45, 7) is -0.196. The fraction of sp³-hybridized carbons (Fsp3) is 0.250. The minimum atomic E-state index is -0.613. The third kappa shape index (κ3) is 1.78. The highest BCUT2D eigenvalue weighted by atomic mass is 79.9. The second-order valence-corrected chi connectivity index (χ2v) is 4.13. The van der Waals surface area contributed by atoms with E-state index in [-0.39, 0.29) is 22.4 Å². The van der Waals surface area contributed by atoms with Crippen molar-refractivity contribution in [1.82, 2.24) is 19.1 Å². The monoisotopic (exact) mass is 301 g/mol. The number of rotatable bonds is 2. The van der Waals surface area contributed by atoms with Gasteiger partial charge in [0.25, 0.3) is 5.56 Å². The summed E-state index contributed by atoms with van der Waals surface area (Å²) in [4.78, 5) is 40.0. The number of carbonyl (C=O) groups is 1. The van der Waals surface area contributed by atoms with Gasteiger partial charge in [0.05, 0.1) is 0 Å². The number of hydrogen-bond acceptors (Lipinski definition) is 4. The van der Waals surface area contributed by atoms with E-state index in [1.54, 1.807) is 0 Å². The van der Waals surface area contributed by atoms with Crippen molar-refractivity contribution in [1.29, 1.82) is 0 Å². The maximum absolute atomic E-state index is 11.7. The lowest BCUT2D eigenvalue weighted by atomic mass is 10.5. The summed E-state index contributed by atoms with van der Waals surface area (Å²) in [5, 5.41) is 0.